The molecule has 1 saturated heterocycles. The SMILES string of the molecule is CC(C)CCN1CC[C@H](N(Cc2ccc(N(C)c3ccncc3)cc2)c2nccc(-c3ccc(C(F)(F)F)cc3)n2)C1. The molecule has 4 aromatic rings. The number of likely N-dealkylation sites (tertiary alicyclic amines) is 1. The van der Waals surface area contributed by atoms with Crippen LogP contribution in [0.5, 0.6) is 0 Å². The van der Waals surface area contributed by atoms with E-state index in [2.05, 4.69) is 62.8 Å². The highest BCUT2D eigenvalue weighted by molar-refractivity contribution is 5.63. The number of aromatic nitrogens is 3. The summed E-state index contributed by atoms with van der Waals surface area (Å²) < 4.78 is 39.3. The van der Waals surface area contributed by atoms with Gasteiger partial charge in [0.05, 0.1) is 11.3 Å². The molecule has 0 unspecified atom stereocenters. The van der Waals surface area contributed by atoms with Crippen LogP contribution in [-0.2, 0) is 12.7 Å². The largest absolute Gasteiger partial charge is 0.416 e. The van der Waals surface area contributed by atoms with Gasteiger partial charge in [0.2, 0.25) is 5.95 Å². The summed E-state index contributed by atoms with van der Waals surface area (Å²) in [5.74, 6) is 1.23. The van der Waals surface area contributed by atoms with Gasteiger partial charge in [-0.3, -0.25) is 4.98 Å². The van der Waals surface area contributed by atoms with Gasteiger partial charge in [-0.2, -0.15) is 13.2 Å². The number of hydrogen-bond donors (Lipinski definition) is 0. The zero-order valence-corrected chi connectivity index (χ0v) is 24.3. The number of hydrogen-bond acceptors (Lipinski definition) is 6. The van der Waals surface area contributed by atoms with E-state index in [1.54, 1.807) is 24.7 Å². The van der Waals surface area contributed by atoms with Crippen molar-refractivity contribution < 1.29 is 13.2 Å². The van der Waals surface area contributed by atoms with Crippen molar-refractivity contribution in [2.75, 3.05) is 36.5 Å². The number of alkyl halides is 3. The maximum atomic E-state index is 13.1. The van der Waals surface area contributed by atoms with Gasteiger partial charge in [-0.05, 0) is 73.3 Å². The molecule has 2 aromatic heterocycles. The van der Waals surface area contributed by atoms with Gasteiger partial charge in [0.15, 0.2) is 0 Å². The Hall–Kier alpha value is -3.98. The summed E-state index contributed by atoms with van der Waals surface area (Å²) in [5, 5.41) is 0. The smallest absolute Gasteiger partial charge is 0.345 e. The molecule has 0 N–H and O–H groups in total. The number of nitrogens with zero attached hydrogens (tertiary/aromatic N) is 6. The van der Waals surface area contributed by atoms with Gasteiger partial charge in [0, 0.05) is 68.3 Å². The van der Waals surface area contributed by atoms with Crippen LogP contribution in [0.3, 0.4) is 0 Å². The van der Waals surface area contributed by atoms with Gasteiger partial charge in [0.25, 0.3) is 0 Å². The third-order valence-corrected chi connectivity index (χ3v) is 7.85. The molecule has 1 atom stereocenters. The van der Waals surface area contributed by atoms with Crippen molar-refractivity contribution in [2.45, 2.75) is 45.5 Å². The summed E-state index contributed by atoms with van der Waals surface area (Å²) in [6, 6.07) is 19.5. The lowest BCUT2D eigenvalue weighted by Gasteiger charge is -2.30. The van der Waals surface area contributed by atoms with Gasteiger partial charge in [0.1, 0.15) is 0 Å². The number of pyridine rings is 1. The zero-order valence-electron chi connectivity index (χ0n) is 24.3. The number of halogens is 3. The molecule has 1 fully saturated rings. The van der Waals surface area contributed by atoms with Crippen LogP contribution >= 0.6 is 0 Å². The van der Waals surface area contributed by atoms with Crippen molar-refractivity contribution in [1.29, 1.82) is 0 Å². The molecule has 42 heavy (non-hydrogen) atoms. The lowest BCUT2D eigenvalue weighted by atomic mass is 10.1. The van der Waals surface area contributed by atoms with Gasteiger partial charge < -0.3 is 14.7 Å². The van der Waals surface area contributed by atoms with E-state index < -0.39 is 11.7 Å². The Morgan fingerprint density at radius 1 is 0.905 bits per heavy atom. The molecule has 0 aliphatic carbocycles. The Kier molecular flexibility index (Phi) is 9.06. The Labute approximate surface area is 245 Å². The molecule has 9 heteroatoms. The first-order valence-corrected chi connectivity index (χ1v) is 14.4. The van der Waals surface area contributed by atoms with Crippen LogP contribution in [0.2, 0.25) is 0 Å². The molecule has 0 amide bonds. The minimum atomic E-state index is -4.38. The van der Waals surface area contributed by atoms with E-state index >= 15 is 0 Å². The van der Waals surface area contributed by atoms with Gasteiger partial charge in [-0.25, -0.2) is 9.97 Å². The lowest BCUT2D eigenvalue weighted by molar-refractivity contribution is -0.137. The molecule has 2 aromatic carbocycles. The van der Waals surface area contributed by atoms with Crippen LogP contribution in [0, 0.1) is 5.92 Å². The van der Waals surface area contributed by atoms with Gasteiger partial charge >= 0.3 is 6.18 Å². The van der Waals surface area contributed by atoms with Crippen LogP contribution in [0.1, 0.15) is 37.8 Å². The van der Waals surface area contributed by atoms with Gasteiger partial charge in [-0.15, -0.1) is 0 Å². The molecule has 0 spiro atoms. The fraction of sp³-hybridized carbons (Fsp3) is 0.364. The second kappa shape index (κ2) is 12.9. The second-order valence-corrected chi connectivity index (χ2v) is 11.3. The molecule has 0 bridgehead atoms. The number of rotatable bonds is 10. The highest BCUT2D eigenvalue weighted by Gasteiger charge is 2.31. The minimum absolute atomic E-state index is 0.221. The van der Waals surface area contributed by atoms with Crippen molar-refractivity contribution in [3.63, 3.8) is 0 Å². The highest BCUT2D eigenvalue weighted by atomic mass is 19.4. The maximum Gasteiger partial charge on any atom is 0.416 e. The summed E-state index contributed by atoms with van der Waals surface area (Å²) in [7, 11) is 2.03. The average molecular weight is 575 g/mol. The normalized spacial score (nSPS) is 15.7. The number of benzene rings is 2. The van der Waals surface area contributed by atoms with E-state index in [0.29, 0.717) is 29.7 Å². The molecule has 220 valence electrons. The topological polar surface area (TPSA) is 48.4 Å². The van der Waals surface area contributed by atoms with Crippen molar-refractivity contribution in [3.8, 4) is 11.3 Å². The molecular formula is C33H37F3N6. The molecule has 1 aliphatic heterocycles. The molecule has 0 saturated carbocycles. The van der Waals surface area contributed by atoms with Crippen LogP contribution < -0.4 is 9.80 Å². The summed E-state index contributed by atoms with van der Waals surface area (Å²) in [4.78, 5) is 20.5. The Morgan fingerprint density at radius 2 is 1.60 bits per heavy atom. The Balaban J connectivity index is 1.39. The van der Waals surface area contributed by atoms with Crippen molar-refractivity contribution in [2.24, 2.45) is 5.92 Å². The highest BCUT2D eigenvalue weighted by Crippen LogP contribution is 2.32. The third-order valence-electron chi connectivity index (χ3n) is 7.85. The van der Waals surface area contributed by atoms with Gasteiger partial charge in [-0.1, -0.05) is 38.1 Å². The lowest BCUT2D eigenvalue weighted by Crippen LogP contribution is -2.38. The predicted molar refractivity (Wildman–Crippen MR) is 162 cm³/mol. The third kappa shape index (κ3) is 7.26. The molecular weight excluding hydrogens is 537 g/mol. The Bertz CT molecular complexity index is 1430. The minimum Gasteiger partial charge on any atom is -0.345 e. The van der Waals surface area contributed by atoms with E-state index in [0.717, 1.165) is 61.5 Å². The fourth-order valence-electron chi connectivity index (χ4n) is 5.29. The average Bonchev–Trinajstić information content (AvgIpc) is 3.48. The van der Waals surface area contributed by atoms with Crippen LogP contribution in [0.4, 0.5) is 30.5 Å². The summed E-state index contributed by atoms with van der Waals surface area (Å²) in [6.07, 6.45) is 3.03. The standard InChI is InChI=1S/C33H37F3N6/c1-24(2)15-20-41-21-16-30(23-41)42(22-25-4-10-28(11-5-25)40(3)29-12-17-37-18-13-29)32-38-19-14-31(39-32)26-6-8-27(9-7-26)33(34,35)36/h4-14,17-19,24,30H,15-16,20-23H2,1-3H3/t30-/m0/s1. The molecule has 6 nitrogen and oxygen atoms in total. The van der Waals surface area contributed by atoms with E-state index in [1.165, 1.54) is 12.1 Å². The predicted octanol–water partition coefficient (Wildman–Crippen LogP) is 7.45. The molecule has 0 radical (unpaired) electrons. The first-order valence-electron chi connectivity index (χ1n) is 14.4. The van der Waals surface area contributed by atoms with E-state index in [9.17, 15) is 13.2 Å². The van der Waals surface area contributed by atoms with E-state index in [1.807, 2.05) is 19.2 Å². The monoisotopic (exact) mass is 574 g/mol. The van der Waals surface area contributed by atoms with Crippen molar-refractivity contribution >= 4 is 17.3 Å². The fourth-order valence-corrected chi connectivity index (χ4v) is 5.29. The van der Waals surface area contributed by atoms with Crippen LogP contribution in [-0.4, -0.2) is 52.6 Å². The maximum absolute atomic E-state index is 13.1. The van der Waals surface area contributed by atoms with Crippen LogP contribution in [0.25, 0.3) is 11.3 Å². The van der Waals surface area contributed by atoms with Crippen LogP contribution in [0.15, 0.2) is 85.3 Å². The second-order valence-electron chi connectivity index (χ2n) is 11.3. The Morgan fingerprint density at radius 3 is 2.26 bits per heavy atom. The van der Waals surface area contributed by atoms with Crippen molar-refractivity contribution in [1.82, 2.24) is 19.9 Å². The van der Waals surface area contributed by atoms with E-state index in [-0.39, 0.29) is 6.04 Å². The zero-order chi connectivity index (χ0) is 29.7. The molecule has 1 aliphatic rings. The molecule has 3 heterocycles. The summed E-state index contributed by atoms with van der Waals surface area (Å²) in [5.41, 5.74) is 3.81. The summed E-state index contributed by atoms with van der Waals surface area (Å²) in [6.45, 7) is 8.11. The van der Waals surface area contributed by atoms with Crippen molar-refractivity contribution in [3.05, 3.63) is 96.4 Å². The quantitative estimate of drug-likeness (QED) is 0.196. The number of anilines is 3. The first kappa shape index (κ1) is 29.5. The van der Waals surface area contributed by atoms with E-state index in [4.69, 9.17) is 4.98 Å². The first-order chi connectivity index (χ1) is 20.2. The molecule has 5 rings (SSSR count). The summed E-state index contributed by atoms with van der Waals surface area (Å²) >= 11 is 0.